The number of H-pyrrole nitrogens is 1. The maximum Gasteiger partial charge on any atom is 0.225 e. The Morgan fingerprint density at radius 2 is 2.19 bits per heavy atom. The zero-order chi connectivity index (χ0) is 12.3. The van der Waals surface area contributed by atoms with E-state index < -0.39 is 0 Å². The third-order valence-corrected chi connectivity index (χ3v) is 3.06. The fourth-order valence-corrected chi connectivity index (χ4v) is 1.25. The predicted octanol–water partition coefficient (Wildman–Crippen LogP) is 2.73. The molecule has 16 heavy (non-hydrogen) atoms. The number of aryl methyl sites for hydroxylation is 1. The number of hydrogen-bond donors (Lipinski definition) is 2. The lowest BCUT2D eigenvalue weighted by Gasteiger charge is -2.26. The molecule has 0 spiro atoms. The Morgan fingerprint density at radius 1 is 1.56 bits per heavy atom. The Bertz CT molecular complexity index is 363. The van der Waals surface area contributed by atoms with Crippen molar-refractivity contribution in [1.82, 2.24) is 10.2 Å². The second-order valence-electron chi connectivity index (χ2n) is 5.45. The Morgan fingerprint density at radius 3 is 2.62 bits per heavy atom. The Kier molecular flexibility index (Phi) is 3.73. The number of amides is 1. The van der Waals surface area contributed by atoms with Gasteiger partial charge in [-0.25, -0.2) is 0 Å². The number of anilines is 1. The summed E-state index contributed by atoms with van der Waals surface area (Å²) in [5.74, 6) is 1.08. The molecule has 4 nitrogen and oxygen atoms in total. The van der Waals surface area contributed by atoms with Crippen molar-refractivity contribution in [2.24, 2.45) is 11.3 Å². The molecular formula is C12H21N3O. The summed E-state index contributed by atoms with van der Waals surface area (Å²) in [6, 6.07) is 0. The van der Waals surface area contributed by atoms with E-state index in [0.717, 1.165) is 5.56 Å². The lowest BCUT2D eigenvalue weighted by molar-refractivity contribution is -0.117. The average molecular weight is 223 g/mol. The first-order valence-electron chi connectivity index (χ1n) is 5.60. The molecule has 1 rings (SSSR count). The summed E-state index contributed by atoms with van der Waals surface area (Å²) >= 11 is 0. The fourth-order valence-electron chi connectivity index (χ4n) is 1.25. The molecule has 2 N–H and O–H groups in total. The number of aromatic nitrogens is 2. The highest BCUT2D eigenvalue weighted by molar-refractivity contribution is 5.90. The van der Waals surface area contributed by atoms with Gasteiger partial charge in [0.15, 0.2) is 0 Å². The SMILES string of the molecule is Cc1cn[nH]c1NC(=O)CC(C)C(C)(C)C. The fraction of sp³-hybridized carbons (Fsp3) is 0.667. The standard InChI is InChI=1S/C12H21N3O/c1-8-7-13-15-11(8)14-10(16)6-9(2)12(3,4)5/h7,9H,6H2,1-5H3,(H2,13,14,15,16). The molecule has 1 atom stereocenters. The molecule has 0 saturated carbocycles. The summed E-state index contributed by atoms with van der Waals surface area (Å²) < 4.78 is 0. The van der Waals surface area contributed by atoms with Crippen LogP contribution in [0, 0.1) is 18.3 Å². The number of hydrogen-bond acceptors (Lipinski definition) is 2. The van der Waals surface area contributed by atoms with Crippen molar-refractivity contribution in [2.75, 3.05) is 5.32 Å². The predicted molar refractivity (Wildman–Crippen MR) is 65.2 cm³/mol. The van der Waals surface area contributed by atoms with Gasteiger partial charge in [0, 0.05) is 12.0 Å². The van der Waals surface area contributed by atoms with Crippen LogP contribution in [0.2, 0.25) is 0 Å². The first-order valence-corrected chi connectivity index (χ1v) is 5.60. The van der Waals surface area contributed by atoms with Crippen molar-refractivity contribution < 1.29 is 4.79 Å². The van der Waals surface area contributed by atoms with Gasteiger partial charge in [-0.3, -0.25) is 9.89 Å². The van der Waals surface area contributed by atoms with Crippen molar-refractivity contribution >= 4 is 11.7 Å². The molecule has 1 aromatic heterocycles. The molecule has 1 heterocycles. The van der Waals surface area contributed by atoms with E-state index in [1.54, 1.807) is 6.20 Å². The second-order valence-corrected chi connectivity index (χ2v) is 5.45. The summed E-state index contributed by atoms with van der Waals surface area (Å²) in [5, 5.41) is 9.47. The third kappa shape index (κ3) is 3.36. The molecule has 0 aromatic carbocycles. The Balaban J connectivity index is 2.52. The van der Waals surface area contributed by atoms with Crippen LogP contribution in [0.25, 0.3) is 0 Å². The average Bonchev–Trinajstić information content (AvgIpc) is 2.50. The maximum atomic E-state index is 11.8. The van der Waals surface area contributed by atoms with E-state index >= 15 is 0 Å². The van der Waals surface area contributed by atoms with Gasteiger partial charge < -0.3 is 5.32 Å². The number of nitrogens with zero attached hydrogens (tertiary/aromatic N) is 1. The van der Waals surface area contributed by atoms with Gasteiger partial charge in [0.05, 0.1) is 6.20 Å². The molecule has 90 valence electrons. The van der Waals surface area contributed by atoms with Crippen LogP contribution in [0.3, 0.4) is 0 Å². The van der Waals surface area contributed by atoms with Crippen LogP contribution < -0.4 is 5.32 Å². The quantitative estimate of drug-likeness (QED) is 0.827. The van der Waals surface area contributed by atoms with Gasteiger partial charge in [-0.05, 0) is 18.3 Å². The molecule has 0 fully saturated rings. The van der Waals surface area contributed by atoms with Crippen LogP contribution in [0.1, 0.15) is 39.7 Å². The molecule has 0 bridgehead atoms. The third-order valence-electron chi connectivity index (χ3n) is 3.06. The van der Waals surface area contributed by atoms with Gasteiger partial charge in [-0.1, -0.05) is 27.7 Å². The second kappa shape index (κ2) is 4.68. The minimum absolute atomic E-state index is 0.0368. The molecule has 1 unspecified atom stereocenters. The molecule has 0 aliphatic carbocycles. The zero-order valence-corrected chi connectivity index (χ0v) is 10.7. The molecule has 1 amide bonds. The van der Waals surface area contributed by atoms with Crippen LogP contribution in [0.15, 0.2) is 6.20 Å². The van der Waals surface area contributed by atoms with Crippen LogP contribution in [0.5, 0.6) is 0 Å². The van der Waals surface area contributed by atoms with Crippen molar-refractivity contribution in [3.05, 3.63) is 11.8 Å². The lowest BCUT2D eigenvalue weighted by Crippen LogP contribution is -2.24. The molecule has 0 saturated heterocycles. The maximum absolute atomic E-state index is 11.8. The number of carbonyl (C=O) groups is 1. The van der Waals surface area contributed by atoms with Crippen LogP contribution in [0.4, 0.5) is 5.82 Å². The topological polar surface area (TPSA) is 57.8 Å². The summed E-state index contributed by atoms with van der Waals surface area (Å²) in [6.45, 7) is 10.4. The first kappa shape index (κ1) is 12.7. The molecule has 4 heteroatoms. The van der Waals surface area contributed by atoms with E-state index in [-0.39, 0.29) is 11.3 Å². The largest absolute Gasteiger partial charge is 0.311 e. The van der Waals surface area contributed by atoms with Crippen molar-refractivity contribution in [3.63, 3.8) is 0 Å². The number of rotatable bonds is 3. The summed E-state index contributed by atoms with van der Waals surface area (Å²) in [5.41, 5.74) is 1.11. The highest BCUT2D eigenvalue weighted by atomic mass is 16.1. The summed E-state index contributed by atoms with van der Waals surface area (Å²) in [6.07, 6.45) is 2.23. The van der Waals surface area contributed by atoms with Crippen molar-refractivity contribution in [1.29, 1.82) is 0 Å². The smallest absolute Gasteiger partial charge is 0.225 e. The molecule has 0 aliphatic rings. The number of carbonyl (C=O) groups excluding carboxylic acids is 1. The number of nitrogens with one attached hydrogen (secondary N) is 2. The van der Waals surface area contributed by atoms with Crippen molar-refractivity contribution in [3.8, 4) is 0 Å². The van der Waals surface area contributed by atoms with E-state index in [1.165, 1.54) is 0 Å². The van der Waals surface area contributed by atoms with Gasteiger partial charge in [-0.15, -0.1) is 0 Å². The number of aromatic amines is 1. The Labute approximate surface area is 96.8 Å². The van der Waals surface area contributed by atoms with Crippen LogP contribution >= 0.6 is 0 Å². The lowest BCUT2D eigenvalue weighted by atomic mass is 9.80. The molecule has 0 aliphatic heterocycles. The first-order chi connectivity index (χ1) is 7.30. The normalized spacial score (nSPS) is 13.6. The monoisotopic (exact) mass is 223 g/mol. The van der Waals surface area contributed by atoms with Gasteiger partial charge >= 0.3 is 0 Å². The molecular weight excluding hydrogens is 202 g/mol. The van der Waals surface area contributed by atoms with E-state index in [9.17, 15) is 4.79 Å². The highest BCUT2D eigenvalue weighted by Crippen LogP contribution is 2.28. The van der Waals surface area contributed by atoms with E-state index in [1.807, 2.05) is 6.92 Å². The minimum atomic E-state index is 0.0368. The minimum Gasteiger partial charge on any atom is -0.311 e. The van der Waals surface area contributed by atoms with Gasteiger partial charge in [-0.2, -0.15) is 5.10 Å². The van der Waals surface area contributed by atoms with Gasteiger partial charge in [0.25, 0.3) is 0 Å². The molecule has 1 aromatic rings. The van der Waals surface area contributed by atoms with Crippen LogP contribution in [-0.4, -0.2) is 16.1 Å². The van der Waals surface area contributed by atoms with E-state index in [0.29, 0.717) is 18.2 Å². The van der Waals surface area contributed by atoms with Crippen molar-refractivity contribution in [2.45, 2.75) is 41.0 Å². The van der Waals surface area contributed by atoms with E-state index in [2.05, 4.69) is 43.2 Å². The highest BCUT2D eigenvalue weighted by Gasteiger charge is 2.22. The molecule has 0 radical (unpaired) electrons. The summed E-state index contributed by atoms with van der Waals surface area (Å²) in [4.78, 5) is 11.8. The van der Waals surface area contributed by atoms with Gasteiger partial charge in [0.1, 0.15) is 5.82 Å². The zero-order valence-electron chi connectivity index (χ0n) is 10.7. The Hall–Kier alpha value is -1.32. The van der Waals surface area contributed by atoms with Gasteiger partial charge in [0.2, 0.25) is 5.91 Å². The summed E-state index contributed by atoms with van der Waals surface area (Å²) in [7, 11) is 0. The van der Waals surface area contributed by atoms with E-state index in [4.69, 9.17) is 0 Å². The van der Waals surface area contributed by atoms with Crippen LogP contribution in [-0.2, 0) is 4.79 Å².